The predicted octanol–water partition coefficient (Wildman–Crippen LogP) is 4.91. The van der Waals surface area contributed by atoms with Crippen LogP contribution in [0.4, 0.5) is 0 Å². The third-order valence-electron chi connectivity index (χ3n) is 5.15. The molecule has 0 bridgehead atoms. The molecule has 1 saturated heterocycles. The molecule has 1 aliphatic heterocycles. The summed E-state index contributed by atoms with van der Waals surface area (Å²) in [7, 11) is 0. The van der Waals surface area contributed by atoms with Crippen LogP contribution in [0.2, 0.25) is 5.02 Å². The normalized spacial score (nSPS) is 19.6. The van der Waals surface area contributed by atoms with E-state index in [0.29, 0.717) is 40.8 Å². The fourth-order valence-corrected chi connectivity index (χ4v) is 3.92. The molecule has 2 aromatic carbocycles. The molecule has 0 radical (unpaired) electrons. The van der Waals surface area contributed by atoms with Crippen LogP contribution >= 0.6 is 11.6 Å². The van der Waals surface area contributed by atoms with Gasteiger partial charge in [0.15, 0.2) is 0 Å². The van der Waals surface area contributed by atoms with Crippen LogP contribution in [0.5, 0.6) is 0 Å². The van der Waals surface area contributed by atoms with Crippen LogP contribution in [0.15, 0.2) is 59.1 Å². The average Bonchev–Trinajstić information content (AvgIpc) is 3.10. The molecule has 0 saturated carbocycles. The van der Waals surface area contributed by atoms with Gasteiger partial charge in [-0.25, -0.2) is 0 Å². The second kappa shape index (κ2) is 7.78. The molecule has 28 heavy (non-hydrogen) atoms. The summed E-state index contributed by atoms with van der Waals surface area (Å²) in [6.45, 7) is 4.74. The highest BCUT2D eigenvalue weighted by Gasteiger charge is 2.36. The number of aromatic nitrogens is 1. The third-order valence-corrected chi connectivity index (χ3v) is 5.48. The van der Waals surface area contributed by atoms with Crippen molar-refractivity contribution in [2.75, 3.05) is 13.2 Å². The minimum atomic E-state index is -0.178. The molecule has 1 aromatic heterocycles. The van der Waals surface area contributed by atoms with E-state index in [4.69, 9.17) is 20.9 Å². The zero-order valence-corrected chi connectivity index (χ0v) is 16.5. The molecule has 1 amide bonds. The van der Waals surface area contributed by atoms with E-state index in [2.05, 4.69) is 5.16 Å². The standard InChI is InChI=1S/C22H21ClN2O3/c1-14-21(16-8-4-3-5-9-16)27-13-12-25(14)22(26)19-15(2)28-24-20(19)17-10-6-7-11-18(17)23/h3-11,14,21H,12-13H2,1-2H3. The summed E-state index contributed by atoms with van der Waals surface area (Å²) in [5.41, 5.74) is 2.67. The maximum Gasteiger partial charge on any atom is 0.260 e. The number of halogens is 1. The Balaban J connectivity index is 1.68. The molecule has 2 heterocycles. The van der Waals surface area contributed by atoms with Crippen molar-refractivity contribution in [1.29, 1.82) is 0 Å². The maximum absolute atomic E-state index is 13.5. The van der Waals surface area contributed by atoms with Gasteiger partial charge in [0.05, 0.1) is 17.7 Å². The Labute approximate surface area is 168 Å². The molecule has 1 aliphatic rings. The van der Waals surface area contributed by atoms with Crippen LogP contribution < -0.4 is 0 Å². The maximum atomic E-state index is 13.5. The lowest BCUT2D eigenvalue weighted by molar-refractivity contribution is -0.0551. The molecule has 0 N–H and O–H groups in total. The molecule has 144 valence electrons. The van der Waals surface area contributed by atoms with Gasteiger partial charge in [-0.15, -0.1) is 0 Å². The molecule has 1 fully saturated rings. The van der Waals surface area contributed by atoms with Crippen molar-refractivity contribution in [2.45, 2.75) is 26.0 Å². The van der Waals surface area contributed by atoms with Gasteiger partial charge in [-0.3, -0.25) is 4.79 Å². The van der Waals surface area contributed by atoms with Crippen molar-refractivity contribution < 1.29 is 14.1 Å². The van der Waals surface area contributed by atoms with Crippen molar-refractivity contribution in [1.82, 2.24) is 10.1 Å². The van der Waals surface area contributed by atoms with E-state index < -0.39 is 0 Å². The Morgan fingerprint density at radius 3 is 2.61 bits per heavy atom. The van der Waals surface area contributed by atoms with Gasteiger partial charge in [0.1, 0.15) is 23.1 Å². The SMILES string of the molecule is Cc1onc(-c2ccccc2Cl)c1C(=O)N1CCOC(c2ccccc2)C1C. The number of benzene rings is 2. The van der Waals surface area contributed by atoms with E-state index in [0.717, 1.165) is 5.56 Å². The topological polar surface area (TPSA) is 55.6 Å². The minimum absolute atomic E-state index is 0.120. The van der Waals surface area contributed by atoms with Crippen LogP contribution in [-0.4, -0.2) is 35.2 Å². The van der Waals surface area contributed by atoms with Crippen molar-refractivity contribution in [3.63, 3.8) is 0 Å². The highest BCUT2D eigenvalue weighted by Crippen LogP contribution is 2.34. The van der Waals surface area contributed by atoms with E-state index in [1.807, 2.05) is 60.4 Å². The number of hydrogen-bond acceptors (Lipinski definition) is 4. The van der Waals surface area contributed by atoms with Crippen LogP contribution in [0.25, 0.3) is 11.3 Å². The summed E-state index contributed by atoms with van der Waals surface area (Å²) < 4.78 is 11.4. The molecule has 3 aromatic rings. The number of rotatable bonds is 3. The largest absolute Gasteiger partial charge is 0.370 e. The Kier molecular flexibility index (Phi) is 5.20. The van der Waals surface area contributed by atoms with Crippen LogP contribution in [0.3, 0.4) is 0 Å². The van der Waals surface area contributed by atoms with E-state index in [-0.39, 0.29) is 18.1 Å². The molecule has 5 nitrogen and oxygen atoms in total. The van der Waals surface area contributed by atoms with E-state index in [1.54, 1.807) is 13.0 Å². The highest BCUT2D eigenvalue weighted by molar-refractivity contribution is 6.33. The summed E-state index contributed by atoms with van der Waals surface area (Å²) in [6.07, 6.45) is -0.178. The molecular weight excluding hydrogens is 376 g/mol. The first-order valence-corrected chi connectivity index (χ1v) is 9.64. The van der Waals surface area contributed by atoms with E-state index in [9.17, 15) is 4.79 Å². The first kappa shape index (κ1) is 18.7. The molecule has 0 aliphatic carbocycles. The number of amides is 1. The highest BCUT2D eigenvalue weighted by atomic mass is 35.5. The number of ether oxygens (including phenoxy) is 1. The molecular formula is C22H21ClN2O3. The fraction of sp³-hybridized carbons (Fsp3) is 0.273. The zero-order chi connectivity index (χ0) is 19.7. The molecule has 6 heteroatoms. The fourth-order valence-electron chi connectivity index (χ4n) is 3.69. The Hall–Kier alpha value is -2.63. The lowest BCUT2D eigenvalue weighted by Crippen LogP contribution is -2.48. The van der Waals surface area contributed by atoms with Gasteiger partial charge < -0.3 is 14.2 Å². The second-order valence-corrected chi connectivity index (χ2v) is 7.29. The van der Waals surface area contributed by atoms with Crippen LogP contribution in [0, 0.1) is 6.92 Å². The van der Waals surface area contributed by atoms with Gasteiger partial charge in [-0.2, -0.15) is 0 Å². The Morgan fingerprint density at radius 1 is 1.14 bits per heavy atom. The Morgan fingerprint density at radius 2 is 1.86 bits per heavy atom. The Bertz CT molecular complexity index is 986. The monoisotopic (exact) mass is 396 g/mol. The van der Waals surface area contributed by atoms with Crippen molar-refractivity contribution in [3.8, 4) is 11.3 Å². The van der Waals surface area contributed by atoms with Gasteiger partial charge in [0.25, 0.3) is 5.91 Å². The predicted molar refractivity (Wildman–Crippen MR) is 107 cm³/mol. The van der Waals surface area contributed by atoms with Gasteiger partial charge in [-0.05, 0) is 25.5 Å². The summed E-state index contributed by atoms with van der Waals surface area (Å²) in [5.74, 6) is 0.361. The molecule has 2 unspecified atom stereocenters. The van der Waals surface area contributed by atoms with E-state index >= 15 is 0 Å². The lowest BCUT2D eigenvalue weighted by atomic mass is 9.98. The second-order valence-electron chi connectivity index (χ2n) is 6.88. The van der Waals surface area contributed by atoms with Crippen LogP contribution in [0.1, 0.15) is 34.7 Å². The lowest BCUT2D eigenvalue weighted by Gasteiger charge is -2.39. The molecule has 2 atom stereocenters. The van der Waals surface area contributed by atoms with Gasteiger partial charge in [0.2, 0.25) is 0 Å². The summed E-state index contributed by atoms with van der Waals surface area (Å²) in [4.78, 5) is 15.3. The zero-order valence-electron chi connectivity index (χ0n) is 15.8. The van der Waals surface area contributed by atoms with Crippen molar-refractivity contribution in [2.24, 2.45) is 0 Å². The van der Waals surface area contributed by atoms with Gasteiger partial charge in [-0.1, -0.05) is 65.3 Å². The van der Waals surface area contributed by atoms with Crippen molar-refractivity contribution >= 4 is 17.5 Å². The smallest absolute Gasteiger partial charge is 0.260 e. The van der Waals surface area contributed by atoms with Gasteiger partial charge in [0, 0.05) is 12.1 Å². The first-order valence-electron chi connectivity index (χ1n) is 9.26. The number of morpholine rings is 1. The van der Waals surface area contributed by atoms with Crippen LogP contribution in [-0.2, 0) is 4.74 Å². The summed E-state index contributed by atoms with van der Waals surface area (Å²) in [5, 5.41) is 4.66. The number of carbonyl (C=O) groups excluding carboxylic acids is 1. The summed E-state index contributed by atoms with van der Waals surface area (Å²) in [6, 6.07) is 17.2. The summed E-state index contributed by atoms with van der Waals surface area (Å²) >= 11 is 6.34. The first-order chi connectivity index (χ1) is 13.6. The molecule has 4 rings (SSSR count). The number of nitrogens with zero attached hydrogens (tertiary/aromatic N) is 2. The van der Waals surface area contributed by atoms with Gasteiger partial charge >= 0.3 is 0 Å². The number of aryl methyl sites for hydroxylation is 1. The average molecular weight is 397 g/mol. The number of carbonyl (C=O) groups is 1. The van der Waals surface area contributed by atoms with Crippen molar-refractivity contribution in [3.05, 3.63) is 76.5 Å². The molecule has 0 spiro atoms. The minimum Gasteiger partial charge on any atom is -0.370 e. The number of hydrogen-bond donors (Lipinski definition) is 0. The third kappa shape index (κ3) is 3.32. The quantitative estimate of drug-likeness (QED) is 0.631. The van der Waals surface area contributed by atoms with E-state index in [1.165, 1.54) is 0 Å².